The van der Waals surface area contributed by atoms with Gasteiger partial charge in [0.05, 0.1) is 35.6 Å². The van der Waals surface area contributed by atoms with E-state index in [0.717, 1.165) is 27.0 Å². The molecule has 2 aromatic carbocycles. The van der Waals surface area contributed by atoms with Crippen molar-refractivity contribution in [1.82, 2.24) is 4.57 Å². The molecule has 8 heteroatoms. The number of ether oxygens (including phenoxy) is 2. The number of methoxy groups -OCH3 is 1. The summed E-state index contributed by atoms with van der Waals surface area (Å²) in [5.74, 6) is 0.254. The number of aromatic nitrogens is 1. The Kier molecular flexibility index (Phi) is 5.93. The highest BCUT2D eigenvalue weighted by Crippen LogP contribution is 2.37. The predicted molar refractivity (Wildman–Crippen MR) is 135 cm³/mol. The molecule has 34 heavy (non-hydrogen) atoms. The summed E-state index contributed by atoms with van der Waals surface area (Å²) in [6.45, 7) is 3.79. The van der Waals surface area contributed by atoms with Gasteiger partial charge in [-0.2, -0.15) is 0 Å². The predicted octanol–water partition coefficient (Wildman–Crippen LogP) is 4.02. The Balaban J connectivity index is 1.83. The van der Waals surface area contributed by atoms with Crippen molar-refractivity contribution in [2.45, 2.75) is 19.9 Å². The van der Waals surface area contributed by atoms with E-state index in [9.17, 15) is 9.59 Å². The van der Waals surface area contributed by atoms with Crippen LogP contribution in [-0.4, -0.2) is 24.3 Å². The van der Waals surface area contributed by atoms with Gasteiger partial charge in [0.2, 0.25) is 0 Å². The molecular formula is C26H22N2O4S2. The van der Waals surface area contributed by atoms with Crippen molar-refractivity contribution >= 4 is 45.5 Å². The highest BCUT2D eigenvalue weighted by Gasteiger charge is 2.34. The number of hydrogen-bond donors (Lipinski definition) is 0. The molecule has 0 fully saturated rings. The summed E-state index contributed by atoms with van der Waals surface area (Å²) in [5, 5.41) is 3.77. The Labute approximate surface area is 203 Å². The number of benzene rings is 2. The summed E-state index contributed by atoms with van der Waals surface area (Å²) < 4.78 is 13.2. The first-order valence-electron chi connectivity index (χ1n) is 10.8. The molecule has 6 nitrogen and oxygen atoms in total. The fraction of sp³-hybridized carbons (Fsp3) is 0.192. The lowest BCUT2D eigenvalue weighted by molar-refractivity contribution is -0.139. The minimum absolute atomic E-state index is 0.184. The van der Waals surface area contributed by atoms with E-state index in [0.29, 0.717) is 20.6 Å². The van der Waals surface area contributed by atoms with E-state index in [2.05, 4.69) is 4.99 Å². The Bertz CT molecular complexity index is 1610. The largest absolute Gasteiger partial charge is 0.496 e. The number of carbonyl (C=O) groups excluding carboxylic acids is 1. The van der Waals surface area contributed by atoms with Crippen molar-refractivity contribution in [3.63, 3.8) is 0 Å². The molecule has 3 heterocycles. The minimum Gasteiger partial charge on any atom is -0.496 e. The quantitative estimate of drug-likeness (QED) is 0.396. The van der Waals surface area contributed by atoms with Crippen molar-refractivity contribution in [3.8, 4) is 5.75 Å². The molecule has 5 rings (SSSR count). The van der Waals surface area contributed by atoms with Gasteiger partial charge >= 0.3 is 5.97 Å². The Morgan fingerprint density at radius 1 is 1.15 bits per heavy atom. The summed E-state index contributed by atoms with van der Waals surface area (Å²) >= 11 is 2.89. The fourth-order valence-corrected chi connectivity index (χ4v) is 6.07. The molecule has 0 saturated heterocycles. The van der Waals surface area contributed by atoms with Gasteiger partial charge in [-0.25, -0.2) is 9.79 Å². The highest BCUT2D eigenvalue weighted by atomic mass is 32.1. The highest BCUT2D eigenvalue weighted by molar-refractivity contribution is 7.11. The maximum Gasteiger partial charge on any atom is 0.338 e. The molecule has 1 atom stereocenters. The summed E-state index contributed by atoms with van der Waals surface area (Å²) in [6.07, 6.45) is 1.88. The van der Waals surface area contributed by atoms with Crippen LogP contribution < -0.4 is 19.6 Å². The molecule has 0 bridgehead atoms. The molecule has 0 spiro atoms. The molecule has 0 amide bonds. The normalized spacial score (nSPS) is 15.9. The van der Waals surface area contributed by atoms with Crippen LogP contribution in [0.1, 0.15) is 30.3 Å². The summed E-state index contributed by atoms with van der Waals surface area (Å²) in [5.41, 5.74) is 1.55. The number of rotatable bonds is 5. The van der Waals surface area contributed by atoms with Gasteiger partial charge in [0.1, 0.15) is 5.75 Å². The maximum absolute atomic E-state index is 13.7. The van der Waals surface area contributed by atoms with Gasteiger partial charge < -0.3 is 9.47 Å². The third-order valence-corrected chi connectivity index (χ3v) is 7.57. The standard InChI is InChI=1S/C26H22N2O4S2/c1-4-32-25(30)22-15(2)27-26-28(24(29)21(34-26)14-16-8-7-13-33-16)23(22)19-11-12-20(31-3)18-10-6-5-9-17(18)19/h5-14,23H,4H2,1-3H3. The SMILES string of the molecule is CCOC(=O)C1=C(C)N=c2sc(=Cc3cccs3)c(=O)n2C1c1ccc(OC)c2ccccc12. The zero-order valence-electron chi connectivity index (χ0n) is 18.9. The van der Waals surface area contributed by atoms with Crippen molar-refractivity contribution in [2.24, 2.45) is 4.99 Å². The fourth-order valence-electron chi connectivity index (χ4n) is 4.30. The molecule has 0 saturated carbocycles. The molecule has 0 aliphatic carbocycles. The van der Waals surface area contributed by atoms with E-state index < -0.39 is 12.0 Å². The number of nitrogens with zero attached hydrogens (tertiary/aromatic N) is 2. The van der Waals surface area contributed by atoms with Crippen LogP contribution in [0, 0.1) is 0 Å². The second kappa shape index (κ2) is 9.04. The zero-order chi connectivity index (χ0) is 23.8. The number of esters is 1. The number of hydrogen-bond acceptors (Lipinski definition) is 7. The molecule has 2 aromatic heterocycles. The number of fused-ring (bicyclic) bond motifs is 2. The van der Waals surface area contributed by atoms with Crippen LogP contribution in [0.5, 0.6) is 5.75 Å². The number of allylic oxidation sites excluding steroid dienone is 1. The van der Waals surface area contributed by atoms with Crippen LogP contribution in [0.25, 0.3) is 16.8 Å². The molecule has 0 radical (unpaired) electrons. The van der Waals surface area contributed by atoms with Crippen LogP contribution in [0.15, 0.2) is 75.0 Å². The summed E-state index contributed by atoms with van der Waals surface area (Å²) in [4.78, 5) is 33.0. The lowest BCUT2D eigenvalue weighted by Crippen LogP contribution is -2.40. The van der Waals surface area contributed by atoms with E-state index in [4.69, 9.17) is 9.47 Å². The molecule has 172 valence electrons. The molecule has 1 aliphatic rings. The third-order valence-electron chi connectivity index (χ3n) is 5.77. The van der Waals surface area contributed by atoms with Gasteiger partial charge in [0.15, 0.2) is 4.80 Å². The van der Waals surface area contributed by atoms with Crippen molar-refractivity contribution < 1.29 is 14.3 Å². The zero-order valence-corrected chi connectivity index (χ0v) is 20.5. The number of thiophene rings is 1. The van der Waals surface area contributed by atoms with E-state index in [1.54, 1.807) is 36.9 Å². The van der Waals surface area contributed by atoms with Crippen LogP contribution >= 0.6 is 22.7 Å². The average molecular weight is 491 g/mol. The smallest absolute Gasteiger partial charge is 0.338 e. The van der Waals surface area contributed by atoms with Gasteiger partial charge in [0.25, 0.3) is 5.56 Å². The van der Waals surface area contributed by atoms with Crippen molar-refractivity contribution in [1.29, 1.82) is 0 Å². The Morgan fingerprint density at radius 2 is 1.94 bits per heavy atom. The van der Waals surface area contributed by atoms with Crippen LogP contribution in [0.2, 0.25) is 0 Å². The van der Waals surface area contributed by atoms with Gasteiger partial charge in [-0.15, -0.1) is 11.3 Å². The first kappa shape index (κ1) is 22.3. The van der Waals surface area contributed by atoms with Gasteiger partial charge in [0, 0.05) is 10.3 Å². The van der Waals surface area contributed by atoms with Gasteiger partial charge in [-0.1, -0.05) is 47.7 Å². The topological polar surface area (TPSA) is 69.9 Å². The summed E-state index contributed by atoms with van der Waals surface area (Å²) in [6, 6.07) is 14.9. The van der Waals surface area contributed by atoms with Crippen LogP contribution in [-0.2, 0) is 9.53 Å². The third kappa shape index (κ3) is 3.69. The molecular weight excluding hydrogens is 468 g/mol. The van der Waals surface area contributed by atoms with Crippen LogP contribution in [0.4, 0.5) is 0 Å². The van der Waals surface area contributed by atoms with Crippen molar-refractivity contribution in [3.05, 3.63) is 95.3 Å². The molecule has 1 aliphatic heterocycles. The second-order valence-corrected chi connectivity index (χ2v) is 9.71. The van der Waals surface area contributed by atoms with Gasteiger partial charge in [-0.05, 0) is 48.4 Å². The van der Waals surface area contributed by atoms with E-state index >= 15 is 0 Å². The van der Waals surface area contributed by atoms with Crippen molar-refractivity contribution in [2.75, 3.05) is 13.7 Å². The summed E-state index contributed by atoms with van der Waals surface area (Å²) in [7, 11) is 1.63. The Hall–Kier alpha value is -3.49. The average Bonchev–Trinajstić information content (AvgIpc) is 3.45. The van der Waals surface area contributed by atoms with E-state index in [-0.39, 0.29) is 12.2 Å². The molecule has 4 aromatic rings. The monoisotopic (exact) mass is 490 g/mol. The lowest BCUT2D eigenvalue weighted by atomic mass is 9.91. The number of carbonyl (C=O) groups is 1. The van der Waals surface area contributed by atoms with E-state index in [1.165, 1.54) is 11.3 Å². The first-order chi connectivity index (χ1) is 16.5. The molecule has 0 N–H and O–H groups in total. The van der Waals surface area contributed by atoms with Crippen LogP contribution in [0.3, 0.4) is 0 Å². The Morgan fingerprint density at radius 3 is 2.65 bits per heavy atom. The van der Waals surface area contributed by atoms with Gasteiger partial charge in [-0.3, -0.25) is 9.36 Å². The minimum atomic E-state index is -0.670. The maximum atomic E-state index is 13.7. The first-order valence-corrected chi connectivity index (χ1v) is 12.5. The van der Waals surface area contributed by atoms with E-state index in [1.807, 2.05) is 60.0 Å². The lowest BCUT2D eigenvalue weighted by Gasteiger charge is -2.26. The molecule has 1 unspecified atom stereocenters. The second-order valence-electron chi connectivity index (χ2n) is 7.72. The number of thiazole rings is 1.